The maximum Gasteiger partial charge on any atom is 0.255 e. The predicted molar refractivity (Wildman–Crippen MR) is 113 cm³/mol. The highest BCUT2D eigenvalue weighted by Gasteiger charge is 2.16. The van der Waals surface area contributed by atoms with E-state index in [1.165, 1.54) is 26.2 Å². The van der Waals surface area contributed by atoms with Crippen LogP contribution >= 0.6 is 23.1 Å². The third kappa shape index (κ3) is 4.99. The Morgan fingerprint density at radius 2 is 1.79 bits per heavy atom. The number of thioether (sulfide) groups is 1. The van der Waals surface area contributed by atoms with Crippen LogP contribution in [0, 0.1) is 0 Å². The van der Waals surface area contributed by atoms with Gasteiger partial charge in [0, 0.05) is 41.4 Å². The predicted octanol–water partition coefficient (Wildman–Crippen LogP) is 3.94. The molecule has 1 N–H and O–H groups in total. The van der Waals surface area contributed by atoms with Crippen LogP contribution in [-0.4, -0.2) is 37.7 Å². The number of rotatable bonds is 7. The maximum absolute atomic E-state index is 12.4. The summed E-state index contributed by atoms with van der Waals surface area (Å²) < 4.78 is 25.3. The Morgan fingerprint density at radius 1 is 1.11 bits per heavy atom. The number of nitrogens with zero attached hydrogens (tertiary/aromatic N) is 2. The molecule has 0 atom stereocenters. The second-order valence-corrected chi connectivity index (χ2v) is 9.98. The van der Waals surface area contributed by atoms with Gasteiger partial charge in [-0.3, -0.25) is 4.79 Å². The van der Waals surface area contributed by atoms with E-state index in [9.17, 15) is 13.2 Å². The Kier molecular flexibility index (Phi) is 6.50. The molecule has 0 spiro atoms. The first-order valence-electron chi connectivity index (χ1n) is 8.30. The summed E-state index contributed by atoms with van der Waals surface area (Å²) in [5, 5.41) is 4.79. The van der Waals surface area contributed by atoms with Gasteiger partial charge < -0.3 is 5.32 Å². The third-order valence-electron chi connectivity index (χ3n) is 3.88. The molecule has 9 heteroatoms. The van der Waals surface area contributed by atoms with Crippen LogP contribution in [0.1, 0.15) is 16.1 Å². The SMILES string of the molecule is CN(C)S(=O)(=O)c1ccc(NC(=O)c2ccc(SCc3cscn3)cc2)cc1. The van der Waals surface area contributed by atoms with Gasteiger partial charge in [0.2, 0.25) is 10.0 Å². The van der Waals surface area contributed by atoms with Crippen molar-refractivity contribution in [2.75, 3.05) is 19.4 Å². The molecule has 6 nitrogen and oxygen atoms in total. The summed E-state index contributed by atoms with van der Waals surface area (Å²) >= 11 is 3.23. The minimum atomic E-state index is -3.49. The van der Waals surface area contributed by atoms with Crippen molar-refractivity contribution in [3.05, 3.63) is 70.7 Å². The summed E-state index contributed by atoms with van der Waals surface area (Å²) in [6.45, 7) is 0. The number of sulfonamides is 1. The molecule has 2 aromatic carbocycles. The molecule has 0 saturated carbocycles. The molecular weight excluding hydrogens is 414 g/mol. The Bertz CT molecular complexity index is 1030. The molecule has 0 unspecified atom stereocenters. The number of hydrogen-bond acceptors (Lipinski definition) is 6. The molecule has 0 fully saturated rings. The Balaban J connectivity index is 1.61. The van der Waals surface area contributed by atoms with E-state index in [1.54, 1.807) is 47.4 Å². The summed E-state index contributed by atoms with van der Waals surface area (Å²) in [6, 6.07) is 13.4. The second kappa shape index (κ2) is 8.87. The topological polar surface area (TPSA) is 79.4 Å². The number of thiazole rings is 1. The molecule has 1 aromatic heterocycles. The van der Waals surface area contributed by atoms with Crippen LogP contribution in [0.15, 0.2) is 69.2 Å². The summed E-state index contributed by atoms with van der Waals surface area (Å²) in [5.74, 6) is 0.538. The van der Waals surface area contributed by atoms with Gasteiger partial charge in [0.25, 0.3) is 5.91 Å². The number of carbonyl (C=O) groups excluding carboxylic acids is 1. The molecular formula is C19H19N3O3S3. The van der Waals surface area contributed by atoms with Crippen LogP contribution in [0.25, 0.3) is 0 Å². The molecule has 0 aliphatic rings. The quantitative estimate of drug-likeness (QED) is 0.571. The number of hydrogen-bond donors (Lipinski definition) is 1. The highest BCUT2D eigenvalue weighted by Crippen LogP contribution is 2.23. The highest BCUT2D eigenvalue weighted by atomic mass is 32.2. The lowest BCUT2D eigenvalue weighted by molar-refractivity contribution is 0.102. The van der Waals surface area contributed by atoms with Crippen LogP contribution in [-0.2, 0) is 15.8 Å². The first-order chi connectivity index (χ1) is 13.4. The lowest BCUT2D eigenvalue weighted by Gasteiger charge is -2.12. The van der Waals surface area contributed by atoms with Crippen molar-refractivity contribution in [2.24, 2.45) is 0 Å². The largest absolute Gasteiger partial charge is 0.322 e. The van der Waals surface area contributed by atoms with Gasteiger partial charge >= 0.3 is 0 Å². The summed E-state index contributed by atoms with van der Waals surface area (Å²) in [6.07, 6.45) is 0. The first-order valence-corrected chi connectivity index (χ1v) is 11.7. The van der Waals surface area contributed by atoms with Gasteiger partial charge in [-0.25, -0.2) is 17.7 Å². The van der Waals surface area contributed by atoms with Crippen molar-refractivity contribution in [1.29, 1.82) is 0 Å². The third-order valence-corrected chi connectivity index (χ3v) is 7.39. The number of amides is 1. The lowest BCUT2D eigenvalue weighted by atomic mass is 10.2. The normalized spacial score (nSPS) is 11.5. The molecule has 1 amide bonds. The van der Waals surface area contributed by atoms with Crippen LogP contribution in [0.3, 0.4) is 0 Å². The van der Waals surface area contributed by atoms with E-state index in [0.29, 0.717) is 11.3 Å². The zero-order valence-electron chi connectivity index (χ0n) is 15.3. The minimum Gasteiger partial charge on any atom is -0.322 e. The number of carbonyl (C=O) groups is 1. The van der Waals surface area contributed by atoms with Crippen molar-refractivity contribution in [2.45, 2.75) is 15.5 Å². The van der Waals surface area contributed by atoms with Crippen LogP contribution in [0.4, 0.5) is 5.69 Å². The number of anilines is 1. The van der Waals surface area contributed by atoms with E-state index < -0.39 is 10.0 Å². The van der Waals surface area contributed by atoms with Gasteiger partial charge in [-0.05, 0) is 48.5 Å². The number of benzene rings is 2. The van der Waals surface area contributed by atoms with Crippen molar-refractivity contribution in [1.82, 2.24) is 9.29 Å². The zero-order valence-corrected chi connectivity index (χ0v) is 17.8. The van der Waals surface area contributed by atoms with Gasteiger partial charge in [-0.2, -0.15) is 0 Å². The molecule has 0 aliphatic heterocycles. The molecule has 0 bridgehead atoms. The molecule has 0 aliphatic carbocycles. The first kappa shape index (κ1) is 20.5. The molecule has 1 heterocycles. The van der Waals surface area contributed by atoms with Gasteiger partial charge in [0.15, 0.2) is 0 Å². The summed E-state index contributed by atoms with van der Waals surface area (Å²) in [4.78, 5) is 17.9. The molecule has 3 aromatic rings. The zero-order chi connectivity index (χ0) is 20.1. The molecule has 0 radical (unpaired) electrons. The fraction of sp³-hybridized carbons (Fsp3) is 0.158. The van der Waals surface area contributed by atoms with Gasteiger partial charge in [0.1, 0.15) is 0 Å². The average Bonchev–Trinajstić information content (AvgIpc) is 3.20. The minimum absolute atomic E-state index is 0.178. The van der Waals surface area contributed by atoms with Gasteiger partial charge in [0.05, 0.1) is 16.1 Å². The van der Waals surface area contributed by atoms with Crippen LogP contribution in [0.5, 0.6) is 0 Å². The second-order valence-electron chi connectivity index (χ2n) is 6.06. The Morgan fingerprint density at radius 3 is 2.36 bits per heavy atom. The maximum atomic E-state index is 12.4. The van der Waals surface area contributed by atoms with Crippen molar-refractivity contribution < 1.29 is 13.2 Å². The van der Waals surface area contributed by atoms with Crippen LogP contribution < -0.4 is 5.32 Å². The van der Waals surface area contributed by atoms with Gasteiger partial charge in [-0.15, -0.1) is 23.1 Å². The van der Waals surface area contributed by atoms with Crippen molar-refractivity contribution >= 4 is 44.7 Å². The number of aromatic nitrogens is 1. The van der Waals surface area contributed by atoms with Crippen LogP contribution in [0.2, 0.25) is 0 Å². The van der Waals surface area contributed by atoms with E-state index in [1.807, 2.05) is 23.0 Å². The van der Waals surface area contributed by atoms with E-state index in [-0.39, 0.29) is 10.8 Å². The van der Waals surface area contributed by atoms with Crippen molar-refractivity contribution in [3.63, 3.8) is 0 Å². The highest BCUT2D eigenvalue weighted by molar-refractivity contribution is 7.98. The molecule has 28 heavy (non-hydrogen) atoms. The van der Waals surface area contributed by atoms with E-state index in [2.05, 4.69) is 10.3 Å². The van der Waals surface area contributed by atoms with E-state index in [0.717, 1.165) is 20.6 Å². The van der Waals surface area contributed by atoms with E-state index in [4.69, 9.17) is 0 Å². The smallest absolute Gasteiger partial charge is 0.255 e. The fourth-order valence-electron chi connectivity index (χ4n) is 2.29. The average molecular weight is 434 g/mol. The van der Waals surface area contributed by atoms with E-state index >= 15 is 0 Å². The number of nitrogens with one attached hydrogen (secondary N) is 1. The molecule has 0 saturated heterocycles. The molecule has 3 rings (SSSR count). The summed E-state index contributed by atoms with van der Waals surface area (Å²) in [5.41, 5.74) is 3.91. The standard InChI is InChI=1S/C19H19N3O3S3/c1-22(2)28(24,25)18-9-5-15(6-10-18)21-19(23)14-3-7-17(8-4-14)27-12-16-11-26-13-20-16/h3-11,13H,12H2,1-2H3,(H,21,23). The Hall–Kier alpha value is -2.20. The lowest BCUT2D eigenvalue weighted by Crippen LogP contribution is -2.22. The van der Waals surface area contributed by atoms with Gasteiger partial charge in [-0.1, -0.05) is 0 Å². The Labute approximate surface area is 172 Å². The summed E-state index contributed by atoms with van der Waals surface area (Å²) in [7, 11) is -0.534. The molecule has 146 valence electrons. The fourth-order valence-corrected chi connectivity index (χ4v) is 4.66. The van der Waals surface area contributed by atoms with Crippen molar-refractivity contribution in [3.8, 4) is 0 Å². The monoisotopic (exact) mass is 433 g/mol.